The van der Waals surface area contributed by atoms with Crippen LogP contribution in [0.25, 0.3) is 0 Å². The van der Waals surface area contributed by atoms with E-state index < -0.39 is 0 Å². The molecule has 4 heteroatoms. The molecule has 0 fully saturated rings. The Morgan fingerprint density at radius 3 is 1.91 bits per heavy atom. The summed E-state index contributed by atoms with van der Waals surface area (Å²) in [6.07, 6.45) is -0.368. The summed E-state index contributed by atoms with van der Waals surface area (Å²) in [6, 6.07) is 17.7. The van der Waals surface area contributed by atoms with Crippen LogP contribution in [0.1, 0.15) is 19.4 Å². The summed E-state index contributed by atoms with van der Waals surface area (Å²) < 4.78 is 22.7. The molecule has 0 aromatic heterocycles. The third-order valence-corrected chi connectivity index (χ3v) is 3.17. The van der Waals surface area contributed by atoms with Crippen LogP contribution >= 0.6 is 0 Å². The molecule has 0 spiro atoms. The molecule has 0 amide bonds. The fraction of sp³-hybridized carbons (Fsp3) is 0.368. The van der Waals surface area contributed by atoms with Gasteiger partial charge in [0.25, 0.3) is 0 Å². The third-order valence-electron chi connectivity index (χ3n) is 3.17. The highest BCUT2D eigenvalue weighted by Gasteiger charge is 2.11. The van der Waals surface area contributed by atoms with E-state index in [1.807, 2.05) is 68.4 Å². The molecule has 2 aromatic rings. The smallest absolute Gasteiger partial charge is 0.191 e. The highest BCUT2D eigenvalue weighted by atomic mass is 16.7. The van der Waals surface area contributed by atoms with Crippen LogP contribution in [0.3, 0.4) is 0 Å². The van der Waals surface area contributed by atoms with Crippen LogP contribution in [0.2, 0.25) is 0 Å². The minimum Gasteiger partial charge on any atom is -0.485 e. The average molecular weight is 316 g/mol. The lowest BCUT2D eigenvalue weighted by Crippen LogP contribution is -2.25. The van der Waals surface area contributed by atoms with E-state index >= 15 is 0 Å². The van der Waals surface area contributed by atoms with Gasteiger partial charge in [-0.2, -0.15) is 0 Å². The number of rotatable bonds is 10. The Bertz CT molecular complexity index is 550. The monoisotopic (exact) mass is 316 g/mol. The summed E-state index contributed by atoms with van der Waals surface area (Å²) in [5.41, 5.74) is 1.11. The maximum Gasteiger partial charge on any atom is 0.191 e. The molecule has 4 nitrogen and oxygen atoms in total. The van der Waals surface area contributed by atoms with Crippen LogP contribution in [0.15, 0.2) is 54.6 Å². The van der Waals surface area contributed by atoms with Crippen molar-refractivity contribution in [2.75, 3.05) is 19.8 Å². The predicted molar refractivity (Wildman–Crippen MR) is 89.8 cm³/mol. The minimum atomic E-state index is -0.368. The van der Waals surface area contributed by atoms with Gasteiger partial charge in [-0.3, -0.25) is 0 Å². The number of benzene rings is 2. The Hall–Kier alpha value is -2.04. The van der Waals surface area contributed by atoms with E-state index in [9.17, 15) is 0 Å². The SMILES string of the molecule is CCOC(COc1ccccc1OCc1ccccc1)OCC. The van der Waals surface area contributed by atoms with Crippen molar-refractivity contribution >= 4 is 0 Å². The first-order valence-corrected chi connectivity index (χ1v) is 7.95. The minimum absolute atomic E-state index is 0.327. The lowest BCUT2D eigenvalue weighted by molar-refractivity contribution is -0.152. The zero-order chi connectivity index (χ0) is 16.3. The summed E-state index contributed by atoms with van der Waals surface area (Å²) >= 11 is 0. The van der Waals surface area contributed by atoms with Gasteiger partial charge in [-0.05, 0) is 31.5 Å². The lowest BCUT2D eigenvalue weighted by atomic mass is 10.2. The molecule has 0 atom stereocenters. The second-order valence-electron chi connectivity index (χ2n) is 4.87. The van der Waals surface area contributed by atoms with Crippen LogP contribution in [0.5, 0.6) is 11.5 Å². The average Bonchev–Trinajstić information content (AvgIpc) is 2.60. The van der Waals surface area contributed by atoms with Crippen LogP contribution in [-0.2, 0) is 16.1 Å². The summed E-state index contributed by atoms with van der Waals surface area (Å²) in [6.45, 7) is 5.86. The van der Waals surface area contributed by atoms with Crippen LogP contribution < -0.4 is 9.47 Å². The van der Waals surface area contributed by atoms with Gasteiger partial charge in [-0.1, -0.05) is 42.5 Å². The standard InChI is InChI=1S/C19H24O4/c1-3-20-19(21-4-2)15-23-18-13-9-8-12-17(18)22-14-16-10-6-5-7-11-16/h5-13,19H,3-4,14-15H2,1-2H3. The molecule has 2 aromatic carbocycles. The van der Waals surface area contributed by atoms with Crippen molar-refractivity contribution in [2.45, 2.75) is 26.7 Å². The Morgan fingerprint density at radius 1 is 0.739 bits per heavy atom. The van der Waals surface area contributed by atoms with Gasteiger partial charge in [-0.25, -0.2) is 0 Å². The van der Waals surface area contributed by atoms with Gasteiger partial charge in [-0.15, -0.1) is 0 Å². The molecule has 0 heterocycles. The zero-order valence-electron chi connectivity index (χ0n) is 13.7. The van der Waals surface area contributed by atoms with Crippen LogP contribution in [0, 0.1) is 0 Å². The molecule has 124 valence electrons. The zero-order valence-corrected chi connectivity index (χ0v) is 13.7. The lowest BCUT2D eigenvalue weighted by Gasteiger charge is -2.19. The van der Waals surface area contributed by atoms with E-state index in [0.29, 0.717) is 37.9 Å². The van der Waals surface area contributed by atoms with Crippen LogP contribution in [0.4, 0.5) is 0 Å². The topological polar surface area (TPSA) is 36.9 Å². The first-order valence-electron chi connectivity index (χ1n) is 7.95. The molecule has 0 aliphatic heterocycles. The highest BCUT2D eigenvalue weighted by Crippen LogP contribution is 2.27. The van der Waals surface area contributed by atoms with Gasteiger partial charge in [0.2, 0.25) is 0 Å². The number of para-hydroxylation sites is 2. The molecular weight excluding hydrogens is 292 g/mol. The van der Waals surface area contributed by atoms with Gasteiger partial charge in [0.15, 0.2) is 17.8 Å². The fourth-order valence-corrected chi connectivity index (χ4v) is 2.10. The van der Waals surface area contributed by atoms with Crippen molar-refractivity contribution in [1.82, 2.24) is 0 Å². The number of hydrogen-bond acceptors (Lipinski definition) is 4. The molecule has 0 aliphatic carbocycles. The molecule has 23 heavy (non-hydrogen) atoms. The van der Waals surface area contributed by atoms with Crippen molar-refractivity contribution in [1.29, 1.82) is 0 Å². The number of hydrogen-bond donors (Lipinski definition) is 0. The molecule has 0 saturated heterocycles. The molecule has 0 unspecified atom stereocenters. The normalized spacial score (nSPS) is 10.7. The first-order chi connectivity index (χ1) is 11.3. The van der Waals surface area contributed by atoms with E-state index in [1.165, 1.54) is 0 Å². The Labute approximate surface area is 137 Å². The largest absolute Gasteiger partial charge is 0.485 e. The second kappa shape index (κ2) is 9.87. The summed E-state index contributed by atoms with van der Waals surface area (Å²) in [7, 11) is 0. The van der Waals surface area contributed by atoms with E-state index in [2.05, 4.69) is 0 Å². The molecule has 0 bridgehead atoms. The summed E-state index contributed by atoms with van der Waals surface area (Å²) in [4.78, 5) is 0. The van der Waals surface area contributed by atoms with Gasteiger partial charge in [0, 0.05) is 13.2 Å². The Balaban J connectivity index is 1.94. The summed E-state index contributed by atoms with van der Waals surface area (Å²) in [5.74, 6) is 1.40. The summed E-state index contributed by atoms with van der Waals surface area (Å²) in [5, 5.41) is 0. The highest BCUT2D eigenvalue weighted by molar-refractivity contribution is 5.39. The van der Waals surface area contributed by atoms with Gasteiger partial charge >= 0.3 is 0 Å². The molecular formula is C19H24O4. The molecule has 0 saturated carbocycles. The van der Waals surface area contributed by atoms with E-state index in [0.717, 1.165) is 5.56 Å². The van der Waals surface area contributed by atoms with E-state index in [1.54, 1.807) is 0 Å². The van der Waals surface area contributed by atoms with E-state index in [4.69, 9.17) is 18.9 Å². The van der Waals surface area contributed by atoms with Crippen molar-refractivity contribution in [3.05, 3.63) is 60.2 Å². The van der Waals surface area contributed by atoms with Crippen molar-refractivity contribution < 1.29 is 18.9 Å². The van der Waals surface area contributed by atoms with Crippen molar-refractivity contribution in [2.24, 2.45) is 0 Å². The Morgan fingerprint density at radius 2 is 1.30 bits per heavy atom. The fourth-order valence-electron chi connectivity index (χ4n) is 2.10. The van der Waals surface area contributed by atoms with E-state index in [-0.39, 0.29) is 6.29 Å². The molecule has 2 rings (SSSR count). The molecule has 0 N–H and O–H groups in total. The predicted octanol–water partition coefficient (Wildman–Crippen LogP) is 4.04. The number of ether oxygens (including phenoxy) is 4. The van der Waals surface area contributed by atoms with Crippen LogP contribution in [-0.4, -0.2) is 26.1 Å². The van der Waals surface area contributed by atoms with Gasteiger partial charge in [0.05, 0.1) is 0 Å². The van der Waals surface area contributed by atoms with Crippen molar-refractivity contribution in [3.8, 4) is 11.5 Å². The van der Waals surface area contributed by atoms with Gasteiger partial charge < -0.3 is 18.9 Å². The quantitative estimate of drug-likeness (QED) is 0.620. The first kappa shape index (κ1) is 17.3. The van der Waals surface area contributed by atoms with Gasteiger partial charge in [0.1, 0.15) is 13.2 Å². The maximum atomic E-state index is 5.87. The molecule has 0 radical (unpaired) electrons. The second-order valence-corrected chi connectivity index (χ2v) is 4.87. The Kier molecular flexibility index (Phi) is 7.43. The molecule has 0 aliphatic rings. The van der Waals surface area contributed by atoms with Crippen molar-refractivity contribution in [3.63, 3.8) is 0 Å². The maximum absolute atomic E-state index is 5.87. The third kappa shape index (κ3) is 5.93.